The van der Waals surface area contributed by atoms with Crippen molar-refractivity contribution < 1.29 is 0 Å². The molecule has 1 aromatic heterocycles. The highest BCUT2D eigenvalue weighted by Crippen LogP contribution is 2.22. The fourth-order valence-corrected chi connectivity index (χ4v) is 3.28. The van der Waals surface area contributed by atoms with Gasteiger partial charge >= 0.3 is 0 Å². The van der Waals surface area contributed by atoms with Gasteiger partial charge in [0.05, 0.1) is 0 Å². The maximum Gasteiger partial charge on any atom is 0.191 e. The molecule has 0 radical (unpaired) electrons. The van der Waals surface area contributed by atoms with Crippen LogP contribution in [0, 0.1) is 0 Å². The molecule has 5 heteroatoms. The molecule has 3 aromatic rings. The van der Waals surface area contributed by atoms with Gasteiger partial charge in [-0.15, -0.1) is 10.2 Å². The maximum absolute atomic E-state index is 4.32. The van der Waals surface area contributed by atoms with Gasteiger partial charge in [0, 0.05) is 23.7 Å². The number of benzene rings is 2. The highest BCUT2D eigenvalue weighted by Gasteiger charge is 2.10. The van der Waals surface area contributed by atoms with Crippen molar-refractivity contribution in [1.82, 2.24) is 14.8 Å². The van der Waals surface area contributed by atoms with Gasteiger partial charge in [-0.25, -0.2) is 0 Å². The van der Waals surface area contributed by atoms with Crippen molar-refractivity contribution in [2.75, 3.05) is 0 Å². The average Bonchev–Trinajstić information content (AvgIpc) is 2.88. The van der Waals surface area contributed by atoms with Gasteiger partial charge < -0.3 is 4.57 Å². The number of hydrogen-bond donors (Lipinski definition) is 0. The van der Waals surface area contributed by atoms with Crippen LogP contribution in [0.3, 0.4) is 0 Å². The van der Waals surface area contributed by atoms with Crippen molar-refractivity contribution in [2.24, 2.45) is 7.05 Å². The molecule has 0 unspecified atom stereocenters. The molecule has 2 aromatic carbocycles. The second kappa shape index (κ2) is 7.11. The van der Waals surface area contributed by atoms with E-state index in [1.54, 1.807) is 11.8 Å². The predicted molar refractivity (Wildman–Crippen MR) is 94.0 cm³/mol. The lowest BCUT2D eigenvalue weighted by Gasteiger charge is -2.04. The maximum atomic E-state index is 4.32. The van der Waals surface area contributed by atoms with Crippen LogP contribution in [0.2, 0.25) is 0 Å². The summed E-state index contributed by atoms with van der Waals surface area (Å²) >= 11 is 5.17. The Bertz CT molecular complexity index is 738. The minimum absolute atomic E-state index is 0.809. The lowest BCUT2D eigenvalue weighted by molar-refractivity contribution is 0.749. The smallest absolute Gasteiger partial charge is 0.191 e. The van der Waals surface area contributed by atoms with Gasteiger partial charge in [0.15, 0.2) is 5.16 Å². The third kappa shape index (κ3) is 3.78. The first-order valence-electron chi connectivity index (χ1n) is 7.02. The van der Waals surface area contributed by atoms with Crippen LogP contribution in [0.1, 0.15) is 17.0 Å². The number of nitrogens with zero attached hydrogens (tertiary/aromatic N) is 3. The summed E-state index contributed by atoms with van der Waals surface area (Å²) in [6.07, 6.45) is 0.809. The monoisotopic (exact) mass is 373 g/mol. The summed E-state index contributed by atoms with van der Waals surface area (Å²) in [5, 5.41) is 9.59. The van der Waals surface area contributed by atoms with Gasteiger partial charge in [-0.2, -0.15) is 0 Å². The Morgan fingerprint density at radius 2 is 1.68 bits per heavy atom. The molecule has 22 heavy (non-hydrogen) atoms. The molecule has 0 saturated heterocycles. The first-order valence-corrected chi connectivity index (χ1v) is 8.79. The Hall–Kier alpha value is -1.59. The summed E-state index contributed by atoms with van der Waals surface area (Å²) < 4.78 is 3.18. The lowest BCUT2D eigenvalue weighted by atomic mass is 10.1. The summed E-state index contributed by atoms with van der Waals surface area (Å²) in [5.74, 6) is 1.88. The molecule has 0 bridgehead atoms. The number of hydrogen-bond acceptors (Lipinski definition) is 3. The molecule has 0 aliphatic heterocycles. The molecule has 0 aliphatic carbocycles. The molecule has 0 N–H and O–H groups in total. The van der Waals surface area contributed by atoms with E-state index >= 15 is 0 Å². The lowest BCUT2D eigenvalue weighted by Crippen LogP contribution is -2.00. The van der Waals surface area contributed by atoms with Gasteiger partial charge in [0.1, 0.15) is 5.82 Å². The van der Waals surface area contributed by atoms with E-state index in [4.69, 9.17) is 0 Å². The van der Waals surface area contributed by atoms with Crippen molar-refractivity contribution in [3.05, 3.63) is 76.0 Å². The first-order chi connectivity index (χ1) is 10.7. The second-order valence-corrected chi connectivity index (χ2v) is 6.89. The molecular weight excluding hydrogens is 358 g/mol. The minimum atomic E-state index is 0.809. The minimum Gasteiger partial charge on any atom is -0.309 e. The highest BCUT2D eigenvalue weighted by atomic mass is 79.9. The molecule has 112 valence electrons. The quantitative estimate of drug-likeness (QED) is 0.618. The first kappa shape index (κ1) is 15.3. The molecule has 0 aliphatic rings. The van der Waals surface area contributed by atoms with E-state index in [0.717, 1.165) is 27.6 Å². The van der Waals surface area contributed by atoms with Crippen LogP contribution in [0.4, 0.5) is 0 Å². The molecule has 3 nitrogen and oxygen atoms in total. The zero-order valence-corrected chi connectivity index (χ0v) is 14.6. The Balaban J connectivity index is 1.67. The molecule has 1 heterocycles. The average molecular weight is 374 g/mol. The van der Waals surface area contributed by atoms with Gasteiger partial charge in [0.25, 0.3) is 0 Å². The Kier molecular flexibility index (Phi) is 4.95. The molecule has 0 fully saturated rings. The van der Waals surface area contributed by atoms with Crippen molar-refractivity contribution >= 4 is 27.7 Å². The molecule has 0 atom stereocenters. The van der Waals surface area contributed by atoms with Crippen LogP contribution in [0.25, 0.3) is 0 Å². The zero-order chi connectivity index (χ0) is 15.4. The number of halogens is 1. The van der Waals surface area contributed by atoms with E-state index in [9.17, 15) is 0 Å². The van der Waals surface area contributed by atoms with Crippen LogP contribution in [-0.4, -0.2) is 14.8 Å². The molecule has 3 rings (SSSR count). The SMILES string of the molecule is Cn1c(Cc2ccccc2)nnc1SCc1ccc(Br)cc1. The Labute approximate surface area is 142 Å². The van der Waals surface area contributed by atoms with Gasteiger partial charge in [-0.3, -0.25) is 0 Å². The third-order valence-electron chi connectivity index (χ3n) is 3.41. The molecule has 0 amide bonds. The predicted octanol–water partition coefficient (Wildman–Crippen LogP) is 4.46. The van der Waals surface area contributed by atoms with Gasteiger partial charge in [0.2, 0.25) is 0 Å². The molecule has 0 saturated carbocycles. The van der Waals surface area contributed by atoms with Crippen LogP contribution in [0.15, 0.2) is 64.2 Å². The van der Waals surface area contributed by atoms with Crippen molar-refractivity contribution in [3.8, 4) is 0 Å². The van der Waals surface area contributed by atoms with Gasteiger partial charge in [-0.1, -0.05) is 70.2 Å². The van der Waals surface area contributed by atoms with E-state index in [1.165, 1.54) is 11.1 Å². The van der Waals surface area contributed by atoms with Crippen molar-refractivity contribution in [2.45, 2.75) is 17.3 Å². The second-order valence-electron chi connectivity index (χ2n) is 5.04. The van der Waals surface area contributed by atoms with E-state index in [2.05, 4.69) is 79.2 Å². The number of aromatic nitrogens is 3. The van der Waals surface area contributed by atoms with Crippen molar-refractivity contribution in [3.63, 3.8) is 0 Å². The van der Waals surface area contributed by atoms with Crippen LogP contribution in [-0.2, 0) is 19.2 Å². The van der Waals surface area contributed by atoms with Crippen molar-refractivity contribution in [1.29, 1.82) is 0 Å². The highest BCUT2D eigenvalue weighted by molar-refractivity contribution is 9.10. The molecule has 0 spiro atoms. The molecular formula is C17H16BrN3S. The summed E-state index contributed by atoms with van der Waals surface area (Å²) in [4.78, 5) is 0. The summed E-state index contributed by atoms with van der Waals surface area (Å²) in [6, 6.07) is 18.7. The summed E-state index contributed by atoms with van der Waals surface area (Å²) in [7, 11) is 2.03. The van der Waals surface area contributed by atoms with E-state index in [-0.39, 0.29) is 0 Å². The largest absolute Gasteiger partial charge is 0.309 e. The summed E-state index contributed by atoms with van der Waals surface area (Å²) in [6.45, 7) is 0. The number of rotatable bonds is 5. The van der Waals surface area contributed by atoms with E-state index in [0.29, 0.717) is 0 Å². The van der Waals surface area contributed by atoms with Gasteiger partial charge in [-0.05, 0) is 23.3 Å². The Morgan fingerprint density at radius 3 is 2.41 bits per heavy atom. The van der Waals surface area contributed by atoms with E-state index in [1.807, 2.05) is 13.1 Å². The van der Waals surface area contributed by atoms with Crippen LogP contribution in [0.5, 0.6) is 0 Å². The van der Waals surface area contributed by atoms with Crippen LogP contribution >= 0.6 is 27.7 Å². The third-order valence-corrected chi connectivity index (χ3v) is 5.03. The topological polar surface area (TPSA) is 30.7 Å². The fraction of sp³-hybridized carbons (Fsp3) is 0.176. The zero-order valence-electron chi connectivity index (χ0n) is 12.2. The normalized spacial score (nSPS) is 10.8. The summed E-state index contributed by atoms with van der Waals surface area (Å²) in [5.41, 5.74) is 2.53. The number of thioether (sulfide) groups is 1. The van der Waals surface area contributed by atoms with E-state index < -0.39 is 0 Å². The fourth-order valence-electron chi connectivity index (χ4n) is 2.13. The standard InChI is InChI=1S/C17H16BrN3S/c1-21-16(11-13-5-3-2-4-6-13)19-20-17(21)22-12-14-7-9-15(18)10-8-14/h2-10H,11-12H2,1H3. The Morgan fingerprint density at radius 1 is 0.955 bits per heavy atom. The van der Waals surface area contributed by atoms with Crippen LogP contribution < -0.4 is 0 Å².